The van der Waals surface area contributed by atoms with E-state index >= 15 is 0 Å². The average molecular weight is 325 g/mol. The van der Waals surface area contributed by atoms with Gasteiger partial charge in [0, 0.05) is 4.90 Å². The Hall–Kier alpha value is -1.69. The van der Waals surface area contributed by atoms with Crippen molar-refractivity contribution in [2.75, 3.05) is 6.26 Å². The summed E-state index contributed by atoms with van der Waals surface area (Å²) in [4.78, 5) is 24.4. The van der Waals surface area contributed by atoms with E-state index in [4.69, 9.17) is 4.74 Å². The van der Waals surface area contributed by atoms with Crippen molar-refractivity contribution >= 4 is 23.6 Å². The predicted molar refractivity (Wildman–Crippen MR) is 87.3 cm³/mol. The van der Waals surface area contributed by atoms with Crippen molar-refractivity contribution in [1.82, 2.24) is 5.32 Å². The lowest BCUT2D eigenvalue weighted by molar-refractivity contribution is -0.144. The summed E-state index contributed by atoms with van der Waals surface area (Å²) < 4.78 is 5.56. The van der Waals surface area contributed by atoms with Gasteiger partial charge in [0.25, 0.3) is 5.91 Å². The monoisotopic (exact) mass is 325 g/mol. The molecule has 0 spiro atoms. The van der Waals surface area contributed by atoms with Crippen molar-refractivity contribution in [2.45, 2.75) is 44.2 Å². The average Bonchev–Trinajstić information content (AvgIpc) is 2.51. The van der Waals surface area contributed by atoms with Crippen molar-refractivity contribution in [1.29, 1.82) is 0 Å². The number of rotatable bonds is 8. The number of amides is 1. The Labute approximate surface area is 135 Å². The zero-order valence-corrected chi connectivity index (χ0v) is 14.1. The van der Waals surface area contributed by atoms with Gasteiger partial charge in [0.1, 0.15) is 11.8 Å². The summed E-state index contributed by atoms with van der Waals surface area (Å²) >= 11 is 1.62. The number of aliphatic carboxylic acids is 1. The molecule has 0 saturated heterocycles. The summed E-state index contributed by atoms with van der Waals surface area (Å²) in [5.74, 6) is -1.02. The number of ether oxygens (including phenoxy) is 1. The first-order valence-electron chi connectivity index (χ1n) is 7.22. The third kappa shape index (κ3) is 5.26. The fourth-order valence-electron chi connectivity index (χ4n) is 1.87. The molecular formula is C16H23NO4S. The first kappa shape index (κ1) is 18.4. The number of nitrogens with one attached hydrogen (secondary N) is 1. The van der Waals surface area contributed by atoms with Crippen LogP contribution in [0.3, 0.4) is 0 Å². The minimum absolute atomic E-state index is 0.144. The molecule has 0 aliphatic rings. The van der Waals surface area contributed by atoms with Gasteiger partial charge in [-0.05, 0) is 43.4 Å². The molecule has 1 rings (SSSR count). The van der Waals surface area contributed by atoms with Gasteiger partial charge < -0.3 is 15.2 Å². The van der Waals surface area contributed by atoms with Gasteiger partial charge in [-0.25, -0.2) is 4.79 Å². The molecule has 0 aliphatic carbocycles. The minimum Gasteiger partial charge on any atom is -0.481 e. The molecule has 5 nitrogen and oxygen atoms in total. The van der Waals surface area contributed by atoms with Gasteiger partial charge in [0.2, 0.25) is 0 Å². The second-order valence-electron chi connectivity index (χ2n) is 5.15. The number of carbonyl (C=O) groups excluding carboxylic acids is 1. The predicted octanol–water partition coefficient (Wildman–Crippen LogP) is 2.79. The van der Waals surface area contributed by atoms with Gasteiger partial charge in [-0.1, -0.05) is 20.3 Å². The van der Waals surface area contributed by atoms with E-state index in [0.29, 0.717) is 12.2 Å². The van der Waals surface area contributed by atoms with Crippen molar-refractivity contribution in [3.8, 4) is 5.75 Å². The number of carboxylic acid groups (broad SMARTS) is 1. The lowest BCUT2D eigenvalue weighted by Crippen LogP contribution is -2.49. The first-order chi connectivity index (χ1) is 10.4. The molecule has 3 unspecified atom stereocenters. The van der Waals surface area contributed by atoms with Gasteiger partial charge in [-0.2, -0.15) is 0 Å². The largest absolute Gasteiger partial charge is 0.481 e. The quantitative estimate of drug-likeness (QED) is 0.719. The maximum absolute atomic E-state index is 12.1. The van der Waals surface area contributed by atoms with Crippen LogP contribution in [-0.2, 0) is 9.59 Å². The molecule has 1 aromatic carbocycles. The maximum atomic E-state index is 12.1. The standard InChI is InChI=1S/C16H23NO4S/c1-5-10(2)14(16(19)20)17-15(18)11(3)21-12-6-8-13(22-4)9-7-12/h6-11,14H,5H2,1-4H3,(H,17,18)(H,19,20). The third-order valence-electron chi connectivity index (χ3n) is 3.52. The van der Waals surface area contributed by atoms with Crippen LogP contribution in [0, 0.1) is 5.92 Å². The van der Waals surface area contributed by atoms with Crippen LogP contribution in [0.25, 0.3) is 0 Å². The molecule has 0 bridgehead atoms. The van der Waals surface area contributed by atoms with E-state index in [-0.39, 0.29) is 5.92 Å². The molecule has 0 radical (unpaired) electrons. The van der Waals surface area contributed by atoms with Crippen LogP contribution in [0.1, 0.15) is 27.2 Å². The lowest BCUT2D eigenvalue weighted by Gasteiger charge is -2.22. The lowest BCUT2D eigenvalue weighted by atomic mass is 9.99. The van der Waals surface area contributed by atoms with E-state index in [0.717, 1.165) is 4.90 Å². The van der Waals surface area contributed by atoms with E-state index < -0.39 is 24.0 Å². The summed E-state index contributed by atoms with van der Waals surface area (Å²) in [5.41, 5.74) is 0. The van der Waals surface area contributed by atoms with Crippen molar-refractivity contribution in [3.05, 3.63) is 24.3 Å². The number of thioether (sulfide) groups is 1. The Bertz CT molecular complexity index is 503. The smallest absolute Gasteiger partial charge is 0.326 e. The van der Waals surface area contributed by atoms with Crippen LogP contribution in [0.2, 0.25) is 0 Å². The molecule has 0 aliphatic heterocycles. The van der Waals surface area contributed by atoms with Crippen molar-refractivity contribution in [3.63, 3.8) is 0 Å². The van der Waals surface area contributed by atoms with Gasteiger partial charge >= 0.3 is 5.97 Å². The summed E-state index contributed by atoms with van der Waals surface area (Å²) in [5, 5.41) is 11.7. The second kappa shape index (κ2) is 8.68. The Balaban J connectivity index is 2.65. The van der Waals surface area contributed by atoms with Gasteiger partial charge in [0.15, 0.2) is 6.10 Å². The molecule has 6 heteroatoms. The zero-order valence-electron chi connectivity index (χ0n) is 13.3. The highest BCUT2D eigenvalue weighted by Crippen LogP contribution is 2.20. The highest BCUT2D eigenvalue weighted by atomic mass is 32.2. The molecule has 2 N–H and O–H groups in total. The molecule has 122 valence electrons. The zero-order chi connectivity index (χ0) is 16.7. The number of hydrogen-bond donors (Lipinski definition) is 2. The summed E-state index contributed by atoms with van der Waals surface area (Å²) in [6.45, 7) is 5.29. The second-order valence-corrected chi connectivity index (χ2v) is 6.03. The Kier molecular flexibility index (Phi) is 7.24. The summed E-state index contributed by atoms with van der Waals surface area (Å²) in [7, 11) is 0. The molecule has 0 aromatic heterocycles. The third-order valence-corrected chi connectivity index (χ3v) is 4.26. The van der Waals surface area contributed by atoms with E-state index in [1.807, 2.05) is 25.3 Å². The Morgan fingerprint density at radius 1 is 1.27 bits per heavy atom. The molecule has 3 atom stereocenters. The van der Waals surface area contributed by atoms with Crippen LogP contribution in [0.5, 0.6) is 5.75 Å². The van der Waals surface area contributed by atoms with Gasteiger partial charge in [-0.15, -0.1) is 11.8 Å². The van der Waals surface area contributed by atoms with Crippen molar-refractivity contribution in [2.24, 2.45) is 5.92 Å². The normalized spacial score (nSPS) is 14.7. The fourth-order valence-corrected chi connectivity index (χ4v) is 2.27. The van der Waals surface area contributed by atoms with Crippen LogP contribution in [-0.4, -0.2) is 35.4 Å². The summed E-state index contributed by atoms with van der Waals surface area (Å²) in [6.07, 6.45) is 1.89. The first-order valence-corrected chi connectivity index (χ1v) is 8.45. The molecule has 1 amide bonds. The molecule has 0 fully saturated rings. The van der Waals surface area contributed by atoms with Crippen molar-refractivity contribution < 1.29 is 19.4 Å². The van der Waals surface area contributed by atoms with Crippen LogP contribution >= 0.6 is 11.8 Å². The highest BCUT2D eigenvalue weighted by molar-refractivity contribution is 7.98. The van der Waals surface area contributed by atoms with E-state index in [9.17, 15) is 14.7 Å². The van der Waals surface area contributed by atoms with Crippen LogP contribution in [0.15, 0.2) is 29.2 Å². The Morgan fingerprint density at radius 2 is 1.86 bits per heavy atom. The van der Waals surface area contributed by atoms with Crippen LogP contribution in [0.4, 0.5) is 0 Å². The molecule has 1 aromatic rings. The fraction of sp³-hybridized carbons (Fsp3) is 0.500. The Morgan fingerprint density at radius 3 is 2.32 bits per heavy atom. The maximum Gasteiger partial charge on any atom is 0.326 e. The van der Waals surface area contributed by atoms with Crippen LogP contribution < -0.4 is 10.1 Å². The van der Waals surface area contributed by atoms with E-state index in [2.05, 4.69) is 5.32 Å². The molecule has 0 heterocycles. The highest BCUT2D eigenvalue weighted by Gasteiger charge is 2.27. The number of benzene rings is 1. The number of carbonyl (C=O) groups is 2. The SMILES string of the molecule is CCC(C)C(NC(=O)C(C)Oc1ccc(SC)cc1)C(=O)O. The van der Waals surface area contributed by atoms with Gasteiger partial charge in [0.05, 0.1) is 0 Å². The van der Waals surface area contributed by atoms with E-state index in [1.165, 1.54) is 0 Å². The topological polar surface area (TPSA) is 75.6 Å². The molecule has 22 heavy (non-hydrogen) atoms. The van der Waals surface area contributed by atoms with E-state index in [1.54, 1.807) is 37.7 Å². The minimum atomic E-state index is -1.03. The molecular weight excluding hydrogens is 302 g/mol. The van der Waals surface area contributed by atoms with Gasteiger partial charge in [-0.3, -0.25) is 4.79 Å². The molecule has 0 saturated carbocycles. The summed E-state index contributed by atoms with van der Waals surface area (Å²) in [6, 6.07) is 6.49. The number of hydrogen-bond acceptors (Lipinski definition) is 4. The number of carboxylic acids is 1.